The van der Waals surface area contributed by atoms with E-state index in [0.29, 0.717) is 11.3 Å². The van der Waals surface area contributed by atoms with Gasteiger partial charge in [0.15, 0.2) is 0 Å². The molecule has 0 atom stereocenters. The lowest BCUT2D eigenvalue weighted by Crippen LogP contribution is -2.13. The zero-order chi connectivity index (χ0) is 15.6. The van der Waals surface area contributed by atoms with Crippen molar-refractivity contribution in [1.82, 2.24) is 0 Å². The van der Waals surface area contributed by atoms with Crippen LogP contribution in [0, 0.1) is 17.0 Å². The summed E-state index contributed by atoms with van der Waals surface area (Å²) < 4.78 is 0. The first-order valence-electron chi connectivity index (χ1n) is 5.97. The highest BCUT2D eigenvalue weighted by Crippen LogP contribution is 2.25. The molecule has 7 heteroatoms. The number of nitro groups is 1. The van der Waals surface area contributed by atoms with E-state index in [1.807, 2.05) is 0 Å². The van der Waals surface area contributed by atoms with Gasteiger partial charge in [0.05, 0.1) is 10.5 Å². The Morgan fingerprint density at radius 1 is 1.19 bits per heavy atom. The molecule has 108 valence electrons. The molecule has 3 N–H and O–H groups in total. The zero-order valence-corrected chi connectivity index (χ0v) is 11.0. The van der Waals surface area contributed by atoms with Crippen LogP contribution < -0.4 is 5.32 Å². The number of phenolic OH excluding ortho intramolecular Hbond substituents is 2. The van der Waals surface area contributed by atoms with Crippen LogP contribution in [0.3, 0.4) is 0 Å². The Bertz CT molecular complexity index is 727. The second-order valence-electron chi connectivity index (χ2n) is 4.41. The summed E-state index contributed by atoms with van der Waals surface area (Å²) in [6, 6.07) is 7.59. The second kappa shape index (κ2) is 5.49. The van der Waals surface area contributed by atoms with Crippen molar-refractivity contribution in [2.24, 2.45) is 0 Å². The van der Waals surface area contributed by atoms with Crippen LogP contribution in [0.4, 0.5) is 11.4 Å². The molecule has 0 fully saturated rings. The number of phenols is 2. The minimum Gasteiger partial charge on any atom is -0.508 e. The van der Waals surface area contributed by atoms with E-state index in [1.165, 1.54) is 30.3 Å². The lowest BCUT2D eigenvalue weighted by atomic mass is 10.1. The molecule has 2 rings (SSSR count). The molecule has 0 spiro atoms. The first kappa shape index (κ1) is 14.3. The summed E-state index contributed by atoms with van der Waals surface area (Å²) in [4.78, 5) is 22.2. The normalized spacial score (nSPS) is 10.1. The number of carbonyl (C=O) groups is 1. The number of aromatic hydroxyl groups is 2. The smallest absolute Gasteiger partial charge is 0.269 e. The lowest BCUT2D eigenvalue weighted by Gasteiger charge is -2.09. The molecular weight excluding hydrogens is 276 g/mol. The quantitative estimate of drug-likeness (QED) is 0.456. The minimum absolute atomic E-state index is 0.0781. The summed E-state index contributed by atoms with van der Waals surface area (Å²) in [7, 11) is 0. The third kappa shape index (κ3) is 3.08. The van der Waals surface area contributed by atoms with Crippen molar-refractivity contribution in [3.05, 3.63) is 57.6 Å². The van der Waals surface area contributed by atoms with Gasteiger partial charge < -0.3 is 15.5 Å². The molecule has 0 unspecified atom stereocenters. The number of anilines is 1. The van der Waals surface area contributed by atoms with Gasteiger partial charge >= 0.3 is 0 Å². The van der Waals surface area contributed by atoms with Crippen molar-refractivity contribution >= 4 is 17.3 Å². The Morgan fingerprint density at radius 3 is 2.52 bits per heavy atom. The minimum atomic E-state index is -0.625. The van der Waals surface area contributed by atoms with E-state index >= 15 is 0 Å². The maximum Gasteiger partial charge on any atom is 0.269 e. The molecule has 7 nitrogen and oxygen atoms in total. The molecule has 21 heavy (non-hydrogen) atoms. The van der Waals surface area contributed by atoms with E-state index in [0.717, 1.165) is 6.07 Å². The Labute approximate surface area is 119 Å². The highest BCUT2D eigenvalue weighted by molar-refractivity contribution is 6.06. The monoisotopic (exact) mass is 288 g/mol. The lowest BCUT2D eigenvalue weighted by molar-refractivity contribution is -0.384. The van der Waals surface area contributed by atoms with Crippen molar-refractivity contribution in [2.45, 2.75) is 6.92 Å². The van der Waals surface area contributed by atoms with E-state index in [-0.39, 0.29) is 22.7 Å². The van der Waals surface area contributed by atoms with Gasteiger partial charge in [-0.1, -0.05) is 0 Å². The number of amides is 1. The van der Waals surface area contributed by atoms with E-state index in [2.05, 4.69) is 5.32 Å². The van der Waals surface area contributed by atoms with Gasteiger partial charge in [-0.2, -0.15) is 0 Å². The van der Waals surface area contributed by atoms with Crippen molar-refractivity contribution in [3.63, 3.8) is 0 Å². The van der Waals surface area contributed by atoms with Gasteiger partial charge in [-0.15, -0.1) is 0 Å². The summed E-state index contributed by atoms with van der Waals surface area (Å²) in [5.41, 5.74) is 0.726. The molecule has 0 aliphatic rings. The summed E-state index contributed by atoms with van der Waals surface area (Å²) in [5.74, 6) is -1.05. The van der Waals surface area contributed by atoms with Crippen LogP contribution in [0.2, 0.25) is 0 Å². The van der Waals surface area contributed by atoms with Crippen LogP contribution in [0.15, 0.2) is 36.4 Å². The Kier molecular flexibility index (Phi) is 3.75. The number of aryl methyl sites for hydroxylation is 1. The van der Waals surface area contributed by atoms with E-state index in [1.54, 1.807) is 6.92 Å². The molecule has 0 aliphatic heterocycles. The third-order valence-electron chi connectivity index (χ3n) is 2.89. The average molecular weight is 288 g/mol. The van der Waals surface area contributed by atoms with Crippen LogP contribution in [0.25, 0.3) is 0 Å². The Hall–Kier alpha value is -3.09. The average Bonchev–Trinajstić information content (AvgIpc) is 2.43. The number of nitro benzene ring substituents is 1. The predicted molar refractivity (Wildman–Crippen MR) is 75.6 cm³/mol. The SMILES string of the molecule is Cc1cc([N+](=O)[O-])ccc1NC(=O)c1cc(O)ccc1O. The molecule has 0 saturated heterocycles. The number of carbonyl (C=O) groups excluding carboxylic acids is 1. The maximum atomic E-state index is 12.0. The largest absolute Gasteiger partial charge is 0.508 e. The Balaban J connectivity index is 2.27. The number of hydrogen-bond acceptors (Lipinski definition) is 5. The summed E-state index contributed by atoms with van der Waals surface area (Å²) in [6.45, 7) is 1.62. The van der Waals surface area contributed by atoms with E-state index in [4.69, 9.17) is 0 Å². The third-order valence-corrected chi connectivity index (χ3v) is 2.89. The van der Waals surface area contributed by atoms with Crippen molar-refractivity contribution in [1.29, 1.82) is 0 Å². The highest BCUT2D eigenvalue weighted by atomic mass is 16.6. The number of hydrogen-bond donors (Lipinski definition) is 3. The number of nitrogens with zero attached hydrogens (tertiary/aromatic N) is 1. The summed E-state index contributed by atoms with van der Waals surface area (Å²) in [6.07, 6.45) is 0. The van der Waals surface area contributed by atoms with Gasteiger partial charge in [-0.25, -0.2) is 0 Å². The van der Waals surface area contributed by atoms with Gasteiger partial charge in [-0.3, -0.25) is 14.9 Å². The number of nitrogens with one attached hydrogen (secondary N) is 1. The molecule has 0 saturated carbocycles. The maximum absolute atomic E-state index is 12.0. The van der Waals surface area contributed by atoms with E-state index < -0.39 is 10.8 Å². The molecule has 0 aromatic heterocycles. The fourth-order valence-electron chi connectivity index (χ4n) is 1.80. The molecule has 0 bridgehead atoms. The summed E-state index contributed by atoms with van der Waals surface area (Å²) >= 11 is 0. The first-order chi connectivity index (χ1) is 9.88. The van der Waals surface area contributed by atoms with Gasteiger partial charge in [0.25, 0.3) is 11.6 Å². The van der Waals surface area contributed by atoms with Gasteiger partial charge in [0, 0.05) is 17.8 Å². The zero-order valence-electron chi connectivity index (χ0n) is 11.0. The van der Waals surface area contributed by atoms with Crippen molar-refractivity contribution in [3.8, 4) is 11.5 Å². The fourth-order valence-corrected chi connectivity index (χ4v) is 1.80. The molecule has 0 aliphatic carbocycles. The summed E-state index contributed by atoms with van der Waals surface area (Å²) in [5, 5.41) is 32.1. The number of non-ortho nitro benzene ring substituents is 1. The molecule has 2 aromatic carbocycles. The number of benzene rings is 2. The number of rotatable bonds is 3. The van der Waals surface area contributed by atoms with Gasteiger partial charge in [0.2, 0.25) is 0 Å². The highest BCUT2D eigenvalue weighted by Gasteiger charge is 2.14. The predicted octanol–water partition coefficient (Wildman–Crippen LogP) is 2.57. The topological polar surface area (TPSA) is 113 Å². The van der Waals surface area contributed by atoms with Crippen LogP contribution >= 0.6 is 0 Å². The van der Waals surface area contributed by atoms with Gasteiger partial charge in [-0.05, 0) is 36.8 Å². The first-order valence-corrected chi connectivity index (χ1v) is 5.97. The van der Waals surface area contributed by atoms with Crippen LogP contribution in [0.5, 0.6) is 11.5 Å². The van der Waals surface area contributed by atoms with Crippen LogP contribution in [-0.2, 0) is 0 Å². The second-order valence-corrected chi connectivity index (χ2v) is 4.41. The molecule has 1 amide bonds. The van der Waals surface area contributed by atoms with Gasteiger partial charge in [0.1, 0.15) is 11.5 Å². The molecular formula is C14H12N2O5. The molecule has 0 radical (unpaired) electrons. The van der Waals surface area contributed by atoms with Crippen molar-refractivity contribution in [2.75, 3.05) is 5.32 Å². The standard InChI is InChI=1S/C14H12N2O5/c1-8-6-9(16(20)21)2-4-12(8)15-14(19)11-7-10(17)3-5-13(11)18/h2-7,17-18H,1H3,(H,15,19). The van der Waals surface area contributed by atoms with Crippen LogP contribution in [0.1, 0.15) is 15.9 Å². The Morgan fingerprint density at radius 2 is 1.90 bits per heavy atom. The fraction of sp³-hybridized carbons (Fsp3) is 0.0714. The molecule has 2 aromatic rings. The van der Waals surface area contributed by atoms with Crippen LogP contribution in [-0.4, -0.2) is 21.0 Å². The molecule has 0 heterocycles. The van der Waals surface area contributed by atoms with E-state index in [9.17, 15) is 25.1 Å². The van der Waals surface area contributed by atoms with Crippen molar-refractivity contribution < 1.29 is 19.9 Å².